The number of fused-ring (bicyclic) bond motifs is 1. The summed E-state index contributed by atoms with van der Waals surface area (Å²) < 4.78 is 0.896. The van der Waals surface area contributed by atoms with Crippen LogP contribution in [0.1, 0.15) is 23.5 Å². The topological polar surface area (TPSA) is 70.1 Å². The Balaban J connectivity index is 2.41. The van der Waals surface area contributed by atoms with Crippen LogP contribution in [0.2, 0.25) is 5.02 Å². The van der Waals surface area contributed by atoms with E-state index in [-0.39, 0.29) is 11.8 Å². The molecule has 1 aromatic carbocycles. The molecule has 110 valence electrons. The summed E-state index contributed by atoms with van der Waals surface area (Å²) in [5.41, 5.74) is 6.53. The van der Waals surface area contributed by atoms with E-state index in [0.717, 1.165) is 10.1 Å². The Morgan fingerprint density at radius 3 is 2.86 bits per heavy atom. The lowest BCUT2D eigenvalue weighted by molar-refractivity contribution is 0.0758. The lowest BCUT2D eigenvalue weighted by Crippen LogP contribution is -2.34. The van der Waals surface area contributed by atoms with Crippen LogP contribution >= 0.6 is 22.9 Å². The van der Waals surface area contributed by atoms with Crippen LogP contribution in [-0.4, -0.2) is 23.9 Å². The van der Waals surface area contributed by atoms with Gasteiger partial charge in [-0.2, -0.15) is 5.26 Å². The van der Waals surface area contributed by atoms with E-state index in [2.05, 4.69) is 6.07 Å². The molecular formula is C15H16ClN3OS. The lowest BCUT2D eigenvalue weighted by atomic mass is 10.1. The van der Waals surface area contributed by atoms with Gasteiger partial charge in [0.1, 0.15) is 4.88 Å². The standard InChI is InChI=1S/C15H16ClN3OS/c1-3-19(8-9(2)7-17)15(20)14-13(18)12-10(16)5-4-6-11(12)21-14/h4-6,9H,3,8,18H2,1-2H3. The summed E-state index contributed by atoms with van der Waals surface area (Å²) in [7, 11) is 0. The fourth-order valence-corrected chi connectivity index (χ4v) is 3.61. The predicted molar refractivity (Wildman–Crippen MR) is 87.6 cm³/mol. The van der Waals surface area contributed by atoms with Crippen molar-refractivity contribution in [3.8, 4) is 6.07 Å². The van der Waals surface area contributed by atoms with Gasteiger partial charge >= 0.3 is 0 Å². The van der Waals surface area contributed by atoms with E-state index in [4.69, 9.17) is 22.6 Å². The molecule has 21 heavy (non-hydrogen) atoms. The third-order valence-electron chi connectivity index (χ3n) is 3.28. The maximum absolute atomic E-state index is 12.6. The summed E-state index contributed by atoms with van der Waals surface area (Å²) in [4.78, 5) is 14.8. The summed E-state index contributed by atoms with van der Waals surface area (Å²) in [6, 6.07) is 7.64. The minimum Gasteiger partial charge on any atom is -0.397 e. The Kier molecular flexibility index (Phi) is 4.71. The van der Waals surface area contributed by atoms with E-state index in [0.29, 0.717) is 28.7 Å². The first kappa shape index (κ1) is 15.6. The van der Waals surface area contributed by atoms with Gasteiger partial charge in [-0.15, -0.1) is 11.3 Å². The van der Waals surface area contributed by atoms with Gasteiger partial charge in [-0.25, -0.2) is 0 Å². The highest BCUT2D eigenvalue weighted by atomic mass is 35.5. The molecule has 1 amide bonds. The zero-order chi connectivity index (χ0) is 15.6. The molecule has 1 unspecified atom stereocenters. The molecule has 0 spiro atoms. The second kappa shape index (κ2) is 6.33. The first-order valence-corrected chi connectivity index (χ1v) is 7.84. The summed E-state index contributed by atoms with van der Waals surface area (Å²) in [6.07, 6.45) is 0. The van der Waals surface area contributed by atoms with Crippen LogP contribution in [0, 0.1) is 17.2 Å². The normalized spacial score (nSPS) is 12.1. The average molecular weight is 322 g/mol. The molecule has 1 heterocycles. The lowest BCUT2D eigenvalue weighted by Gasteiger charge is -2.21. The minimum atomic E-state index is -0.215. The molecule has 0 aliphatic rings. The smallest absolute Gasteiger partial charge is 0.266 e. The van der Waals surface area contributed by atoms with Gasteiger partial charge in [-0.3, -0.25) is 4.79 Å². The monoisotopic (exact) mass is 321 g/mol. The second-order valence-corrected chi connectivity index (χ2v) is 6.29. The Labute approximate surface area is 132 Å². The number of nitrogen functional groups attached to an aromatic ring is 1. The van der Waals surface area contributed by atoms with Gasteiger partial charge in [0.2, 0.25) is 0 Å². The zero-order valence-corrected chi connectivity index (χ0v) is 13.5. The largest absolute Gasteiger partial charge is 0.397 e. The molecule has 2 aromatic rings. The van der Waals surface area contributed by atoms with E-state index >= 15 is 0 Å². The van der Waals surface area contributed by atoms with Crippen molar-refractivity contribution in [2.45, 2.75) is 13.8 Å². The Hall–Kier alpha value is -1.77. The van der Waals surface area contributed by atoms with Crippen molar-refractivity contribution in [2.75, 3.05) is 18.8 Å². The van der Waals surface area contributed by atoms with Gasteiger partial charge < -0.3 is 10.6 Å². The Bertz CT molecular complexity index is 720. The third kappa shape index (κ3) is 2.97. The van der Waals surface area contributed by atoms with Crippen LogP contribution in [0.15, 0.2) is 18.2 Å². The van der Waals surface area contributed by atoms with Crippen LogP contribution in [0.4, 0.5) is 5.69 Å². The summed E-state index contributed by atoms with van der Waals surface area (Å²) in [6.45, 7) is 4.61. The predicted octanol–water partition coefficient (Wildman–Crippen LogP) is 3.76. The third-order valence-corrected chi connectivity index (χ3v) is 4.75. The van der Waals surface area contributed by atoms with Crippen molar-refractivity contribution >= 4 is 44.6 Å². The number of nitrogens with two attached hydrogens (primary N) is 1. The van der Waals surface area contributed by atoms with Gasteiger partial charge in [0.15, 0.2) is 0 Å². The van der Waals surface area contributed by atoms with E-state index in [1.54, 1.807) is 17.9 Å². The van der Waals surface area contributed by atoms with E-state index in [9.17, 15) is 4.79 Å². The molecule has 0 bridgehead atoms. The van der Waals surface area contributed by atoms with Gasteiger partial charge in [-0.05, 0) is 26.0 Å². The maximum Gasteiger partial charge on any atom is 0.266 e. The number of anilines is 1. The van der Waals surface area contributed by atoms with Crippen LogP contribution in [0.5, 0.6) is 0 Å². The Morgan fingerprint density at radius 1 is 1.57 bits per heavy atom. The molecule has 6 heteroatoms. The molecule has 0 fully saturated rings. The zero-order valence-electron chi connectivity index (χ0n) is 11.9. The maximum atomic E-state index is 12.6. The first-order valence-electron chi connectivity index (χ1n) is 6.65. The van der Waals surface area contributed by atoms with Gasteiger partial charge in [-0.1, -0.05) is 17.7 Å². The summed E-state index contributed by atoms with van der Waals surface area (Å²) in [5.74, 6) is -0.359. The van der Waals surface area contributed by atoms with Gasteiger partial charge in [0.25, 0.3) is 5.91 Å². The molecule has 0 aliphatic heterocycles. The first-order chi connectivity index (χ1) is 9.99. The minimum absolute atomic E-state index is 0.144. The number of hydrogen-bond donors (Lipinski definition) is 1. The fraction of sp³-hybridized carbons (Fsp3) is 0.333. The number of carbonyl (C=O) groups is 1. The molecule has 0 radical (unpaired) electrons. The molecule has 2 N–H and O–H groups in total. The summed E-state index contributed by atoms with van der Waals surface area (Å²) in [5, 5.41) is 10.2. The van der Waals surface area contributed by atoms with E-state index < -0.39 is 0 Å². The van der Waals surface area contributed by atoms with Crippen LogP contribution < -0.4 is 5.73 Å². The van der Waals surface area contributed by atoms with E-state index in [1.165, 1.54) is 11.3 Å². The van der Waals surface area contributed by atoms with Crippen LogP contribution in [-0.2, 0) is 0 Å². The number of benzene rings is 1. The summed E-state index contributed by atoms with van der Waals surface area (Å²) >= 11 is 7.50. The van der Waals surface area contributed by atoms with Crippen molar-refractivity contribution in [2.24, 2.45) is 5.92 Å². The SMILES string of the molecule is CCN(CC(C)C#N)C(=O)c1sc2cccc(Cl)c2c1N. The van der Waals surface area contributed by atoms with E-state index in [1.807, 2.05) is 19.1 Å². The van der Waals surface area contributed by atoms with Crippen molar-refractivity contribution < 1.29 is 4.79 Å². The molecule has 0 saturated heterocycles. The van der Waals surface area contributed by atoms with Crippen molar-refractivity contribution in [3.63, 3.8) is 0 Å². The number of nitrogens with zero attached hydrogens (tertiary/aromatic N) is 2. The number of hydrogen-bond acceptors (Lipinski definition) is 4. The van der Waals surface area contributed by atoms with Crippen LogP contribution in [0.25, 0.3) is 10.1 Å². The molecule has 1 aromatic heterocycles. The number of thiophene rings is 1. The molecule has 4 nitrogen and oxygen atoms in total. The van der Waals surface area contributed by atoms with Gasteiger partial charge in [0.05, 0.1) is 22.7 Å². The fourth-order valence-electron chi connectivity index (χ4n) is 2.16. The number of nitriles is 1. The van der Waals surface area contributed by atoms with Crippen molar-refractivity contribution in [1.29, 1.82) is 5.26 Å². The van der Waals surface area contributed by atoms with Gasteiger partial charge in [0, 0.05) is 23.2 Å². The number of carbonyl (C=O) groups excluding carboxylic acids is 1. The van der Waals surface area contributed by atoms with Crippen LogP contribution in [0.3, 0.4) is 0 Å². The molecular weight excluding hydrogens is 306 g/mol. The highest BCUT2D eigenvalue weighted by molar-refractivity contribution is 7.21. The highest BCUT2D eigenvalue weighted by Crippen LogP contribution is 2.38. The molecule has 0 saturated carbocycles. The Morgan fingerprint density at radius 2 is 2.29 bits per heavy atom. The number of halogens is 1. The highest BCUT2D eigenvalue weighted by Gasteiger charge is 2.23. The van der Waals surface area contributed by atoms with Crippen molar-refractivity contribution in [3.05, 3.63) is 28.1 Å². The molecule has 1 atom stereocenters. The molecule has 2 rings (SSSR count). The average Bonchev–Trinajstić information content (AvgIpc) is 2.82. The van der Waals surface area contributed by atoms with Crippen molar-refractivity contribution in [1.82, 2.24) is 4.90 Å². The molecule has 0 aliphatic carbocycles. The number of amides is 1. The number of rotatable bonds is 4. The second-order valence-electron chi connectivity index (χ2n) is 4.83. The quantitative estimate of drug-likeness (QED) is 0.932.